The highest BCUT2D eigenvalue weighted by Gasteiger charge is 2.18. The standard InChI is InChI=1S/C23H25N3O4S2/c1-16-5-6-17(2)21(13-16)31-19-9-7-18(8-10-19)24-22(27)15-26-14-20(11-12-23(26)28)32(29,30)25(3)4/h5-14H,15H2,1-4H3,(H,24,27). The van der Waals surface area contributed by atoms with E-state index >= 15 is 0 Å². The van der Waals surface area contributed by atoms with Crippen molar-refractivity contribution in [2.75, 3.05) is 19.4 Å². The quantitative estimate of drug-likeness (QED) is 0.570. The molecule has 9 heteroatoms. The molecule has 168 valence electrons. The summed E-state index contributed by atoms with van der Waals surface area (Å²) in [4.78, 5) is 26.7. The number of carbonyl (C=O) groups excluding carboxylic acids is 1. The maximum absolute atomic E-state index is 12.5. The Morgan fingerprint density at radius 1 is 1.03 bits per heavy atom. The molecule has 1 amide bonds. The van der Waals surface area contributed by atoms with E-state index in [1.54, 1.807) is 23.9 Å². The molecule has 0 fully saturated rings. The molecular weight excluding hydrogens is 446 g/mol. The first-order valence-electron chi connectivity index (χ1n) is 9.84. The van der Waals surface area contributed by atoms with Crippen LogP contribution >= 0.6 is 11.8 Å². The third-order valence-electron chi connectivity index (χ3n) is 4.76. The van der Waals surface area contributed by atoms with Gasteiger partial charge in [-0.2, -0.15) is 0 Å². The van der Waals surface area contributed by atoms with Crippen molar-refractivity contribution >= 4 is 33.4 Å². The largest absolute Gasteiger partial charge is 0.325 e. The van der Waals surface area contributed by atoms with Gasteiger partial charge in [-0.05, 0) is 61.4 Å². The van der Waals surface area contributed by atoms with Crippen LogP contribution in [0.1, 0.15) is 11.1 Å². The SMILES string of the molecule is Cc1ccc(C)c(Sc2ccc(NC(=O)Cn3cc(S(=O)(=O)N(C)C)ccc3=O)cc2)c1. The number of hydrogen-bond donors (Lipinski definition) is 1. The van der Waals surface area contributed by atoms with Crippen LogP contribution in [0.4, 0.5) is 5.69 Å². The minimum Gasteiger partial charge on any atom is -0.325 e. The lowest BCUT2D eigenvalue weighted by molar-refractivity contribution is -0.116. The molecule has 0 radical (unpaired) electrons. The molecule has 1 aromatic heterocycles. The summed E-state index contributed by atoms with van der Waals surface area (Å²) in [6.07, 6.45) is 1.18. The fourth-order valence-corrected chi connectivity index (χ4v) is 4.82. The molecule has 0 aliphatic carbocycles. The van der Waals surface area contributed by atoms with Gasteiger partial charge < -0.3 is 9.88 Å². The highest BCUT2D eigenvalue weighted by Crippen LogP contribution is 2.31. The molecule has 0 unspecified atom stereocenters. The second-order valence-electron chi connectivity index (χ2n) is 7.56. The van der Waals surface area contributed by atoms with Gasteiger partial charge in [0.25, 0.3) is 5.56 Å². The van der Waals surface area contributed by atoms with Crippen molar-refractivity contribution < 1.29 is 13.2 Å². The van der Waals surface area contributed by atoms with Crippen LogP contribution in [-0.4, -0.2) is 37.3 Å². The molecule has 3 rings (SSSR count). The first-order chi connectivity index (χ1) is 15.1. The van der Waals surface area contributed by atoms with Crippen LogP contribution < -0.4 is 10.9 Å². The summed E-state index contributed by atoms with van der Waals surface area (Å²) in [7, 11) is -0.903. The predicted molar refractivity (Wildman–Crippen MR) is 127 cm³/mol. The summed E-state index contributed by atoms with van der Waals surface area (Å²) in [5.74, 6) is -0.429. The zero-order valence-corrected chi connectivity index (χ0v) is 20.0. The van der Waals surface area contributed by atoms with Crippen molar-refractivity contribution in [3.63, 3.8) is 0 Å². The molecule has 0 aliphatic heterocycles. The number of sulfonamides is 1. The molecule has 1 N–H and O–H groups in total. The lowest BCUT2D eigenvalue weighted by atomic mass is 10.2. The van der Waals surface area contributed by atoms with Crippen LogP contribution in [0.2, 0.25) is 0 Å². The normalized spacial score (nSPS) is 11.5. The van der Waals surface area contributed by atoms with Gasteiger partial charge in [-0.15, -0.1) is 0 Å². The number of nitrogens with one attached hydrogen (secondary N) is 1. The average Bonchev–Trinajstić information content (AvgIpc) is 2.73. The number of pyridine rings is 1. The van der Waals surface area contributed by atoms with Crippen molar-refractivity contribution in [3.05, 3.63) is 82.3 Å². The fraction of sp³-hybridized carbons (Fsp3) is 0.217. The van der Waals surface area contributed by atoms with Crippen LogP contribution in [0.25, 0.3) is 0 Å². The van der Waals surface area contributed by atoms with Crippen molar-refractivity contribution in [1.82, 2.24) is 8.87 Å². The van der Waals surface area contributed by atoms with E-state index in [-0.39, 0.29) is 11.4 Å². The number of amides is 1. The highest BCUT2D eigenvalue weighted by atomic mass is 32.2. The van der Waals surface area contributed by atoms with E-state index in [9.17, 15) is 18.0 Å². The lowest BCUT2D eigenvalue weighted by Crippen LogP contribution is -2.29. The van der Waals surface area contributed by atoms with Crippen molar-refractivity contribution in [2.24, 2.45) is 0 Å². The Labute approximate surface area is 192 Å². The summed E-state index contributed by atoms with van der Waals surface area (Å²) >= 11 is 1.65. The highest BCUT2D eigenvalue weighted by molar-refractivity contribution is 7.99. The number of carbonyl (C=O) groups is 1. The molecule has 0 bridgehead atoms. The maximum Gasteiger partial charge on any atom is 0.251 e. The summed E-state index contributed by atoms with van der Waals surface area (Å²) in [6.45, 7) is 3.82. The van der Waals surface area contributed by atoms with Gasteiger partial charge in [0.15, 0.2) is 0 Å². The predicted octanol–water partition coefficient (Wildman–Crippen LogP) is 3.51. The monoisotopic (exact) mass is 471 g/mol. The molecule has 2 aromatic carbocycles. The number of rotatable bonds is 7. The van der Waals surface area contributed by atoms with Gasteiger partial charge in [-0.3, -0.25) is 9.59 Å². The molecule has 0 aliphatic rings. The van der Waals surface area contributed by atoms with Crippen LogP contribution in [0.3, 0.4) is 0 Å². The molecule has 32 heavy (non-hydrogen) atoms. The van der Waals surface area contributed by atoms with Gasteiger partial charge in [0.2, 0.25) is 15.9 Å². The van der Waals surface area contributed by atoms with Crippen molar-refractivity contribution in [3.8, 4) is 0 Å². The topological polar surface area (TPSA) is 88.5 Å². The summed E-state index contributed by atoms with van der Waals surface area (Å²) in [6, 6.07) is 16.1. The number of hydrogen-bond acceptors (Lipinski definition) is 5. The lowest BCUT2D eigenvalue weighted by Gasteiger charge is -2.13. The molecule has 0 saturated heterocycles. The van der Waals surface area contributed by atoms with Gasteiger partial charge in [-0.25, -0.2) is 12.7 Å². The summed E-state index contributed by atoms with van der Waals surface area (Å²) in [5, 5.41) is 2.74. The molecular formula is C23H25N3O4S2. The third-order valence-corrected chi connectivity index (χ3v) is 7.72. The van der Waals surface area contributed by atoms with Crippen LogP contribution in [0, 0.1) is 13.8 Å². The smallest absolute Gasteiger partial charge is 0.251 e. The minimum absolute atomic E-state index is 0.0530. The average molecular weight is 472 g/mol. The zero-order valence-electron chi connectivity index (χ0n) is 18.3. The Kier molecular flexibility index (Phi) is 7.22. The van der Waals surface area contributed by atoms with E-state index in [0.29, 0.717) is 5.69 Å². The number of nitrogens with zero attached hydrogens (tertiary/aromatic N) is 2. The van der Waals surface area contributed by atoms with Gasteiger partial charge >= 0.3 is 0 Å². The Hall–Kier alpha value is -2.88. The second kappa shape index (κ2) is 9.72. The number of aromatic nitrogens is 1. The molecule has 7 nitrogen and oxygen atoms in total. The van der Waals surface area contributed by atoms with E-state index in [4.69, 9.17) is 0 Å². The Morgan fingerprint density at radius 3 is 2.38 bits per heavy atom. The number of aryl methyl sites for hydroxylation is 2. The first kappa shape index (κ1) is 23.8. The molecule has 0 atom stereocenters. The summed E-state index contributed by atoms with van der Waals surface area (Å²) in [5.41, 5.74) is 2.52. The Balaban J connectivity index is 1.69. The Morgan fingerprint density at radius 2 is 1.72 bits per heavy atom. The van der Waals surface area contributed by atoms with E-state index in [1.165, 1.54) is 42.4 Å². The van der Waals surface area contributed by atoms with Gasteiger partial charge in [-0.1, -0.05) is 23.9 Å². The molecule has 0 spiro atoms. The number of benzene rings is 2. The fourth-order valence-electron chi connectivity index (χ4n) is 2.90. The van der Waals surface area contributed by atoms with Crippen LogP contribution in [0.15, 0.2) is 80.3 Å². The maximum atomic E-state index is 12.5. The van der Waals surface area contributed by atoms with E-state index in [2.05, 4.69) is 37.4 Å². The molecule has 1 heterocycles. The third kappa shape index (κ3) is 5.67. The summed E-state index contributed by atoms with van der Waals surface area (Å²) < 4.78 is 26.7. The minimum atomic E-state index is -3.71. The van der Waals surface area contributed by atoms with Gasteiger partial charge in [0, 0.05) is 41.8 Å². The van der Waals surface area contributed by atoms with Gasteiger partial charge in [0.05, 0.1) is 4.90 Å². The van der Waals surface area contributed by atoms with Crippen LogP contribution in [-0.2, 0) is 21.4 Å². The molecule has 3 aromatic rings. The first-order valence-corrected chi connectivity index (χ1v) is 12.1. The van der Waals surface area contributed by atoms with Crippen molar-refractivity contribution in [2.45, 2.75) is 35.1 Å². The number of anilines is 1. The van der Waals surface area contributed by atoms with E-state index in [1.807, 2.05) is 12.1 Å². The van der Waals surface area contributed by atoms with Crippen LogP contribution in [0.5, 0.6) is 0 Å². The van der Waals surface area contributed by atoms with Crippen molar-refractivity contribution in [1.29, 1.82) is 0 Å². The second-order valence-corrected chi connectivity index (χ2v) is 10.8. The zero-order chi connectivity index (χ0) is 23.5. The molecule has 0 saturated carbocycles. The van der Waals surface area contributed by atoms with E-state index < -0.39 is 21.5 Å². The van der Waals surface area contributed by atoms with E-state index in [0.717, 1.165) is 19.8 Å². The van der Waals surface area contributed by atoms with Gasteiger partial charge in [0.1, 0.15) is 6.54 Å². The Bertz CT molecular complexity index is 1300.